The van der Waals surface area contributed by atoms with Crippen LogP contribution in [0.1, 0.15) is 90.9 Å². The minimum Gasteiger partial charge on any atom is -0.469 e. The number of ketones is 1. The number of hydrogen-bond acceptors (Lipinski definition) is 5. The molecule has 0 radical (unpaired) electrons. The molecule has 2 fully saturated rings. The lowest BCUT2D eigenvalue weighted by molar-refractivity contribution is -0.192. The molecule has 0 aromatic rings. The summed E-state index contributed by atoms with van der Waals surface area (Å²) in [6.45, 7) is 5.08. The SMILES string of the molecule is CCCC[C@H](C)CC(=O)/C=C/[C@@H]1[C@@H](C/C=C\CCCC(=O)OC)[C@H](Cl)C[C@H]1OC1CCCCO1. The third-order valence-corrected chi connectivity index (χ3v) is 7.47. The van der Waals surface area contributed by atoms with Crippen molar-refractivity contribution in [2.45, 2.75) is 109 Å². The van der Waals surface area contributed by atoms with Crippen molar-refractivity contribution in [1.29, 1.82) is 0 Å². The topological polar surface area (TPSA) is 61.8 Å². The highest BCUT2D eigenvalue weighted by Gasteiger charge is 2.42. The molecule has 0 bridgehead atoms. The van der Waals surface area contributed by atoms with E-state index in [0.717, 1.165) is 64.4 Å². The Hall–Kier alpha value is -1.17. The van der Waals surface area contributed by atoms with Gasteiger partial charge in [0.1, 0.15) is 0 Å². The summed E-state index contributed by atoms with van der Waals surface area (Å²) in [7, 11) is 1.42. The van der Waals surface area contributed by atoms with Crippen molar-refractivity contribution in [3.05, 3.63) is 24.3 Å². The number of hydrogen-bond donors (Lipinski definition) is 0. The van der Waals surface area contributed by atoms with E-state index in [9.17, 15) is 9.59 Å². The van der Waals surface area contributed by atoms with Gasteiger partial charge in [-0.15, -0.1) is 11.6 Å². The van der Waals surface area contributed by atoms with Crippen LogP contribution in [0.25, 0.3) is 0 Å². The van der Waals surface area contributed by atoms with Crippen LogP contribution < -0.4 is 0 Å². The molecule has 2 rings (SSSR count). The fourth-order valence-electron chi connectivity index (χ4n) is 4.92. The third-order valence-electron chi connectivity index (χ3n) is 6.97. The third kappa shape index (κ3) is 10.6. The maximum absolute atomic E-state index is 12.6. The number of allylic oxidation sites excluding steroid dienone is 3. The molecule has 34 heavy (non-hydrogen) atoms. The molecule has 1 unspecified atom stereocenters. The number of carbonyl (C=O) groups excluding carboxylic acids is 2. The average molecular weight is 497 g/mol. The quantitative estimate of drug-likeness (QED) is 0.0822. The van der Waals surface area contributed by atoms with Crippen LogP contribution in [0.5, 0.6) is 0 Å². The van der Waals surface area contributed by atoms with Gasteiger partial charge in [-0.2, -0.15) is 0 Å². The van der Waals surface area contributed by atoms with E-state index in [4.69, 9.17) is 21.1 Å². The Bertz CT molecular complexity index is 655. The average Bonchev–Trinajstić information content (AvgIpc) is 3.12. The highest BCUT2D eigenvalue weighted by Crippen LogP contribution is 2.42. The summed E-state index contributed by atoms with van der Waals surface area (Å²) < 4.78 is 16.9. The van der Waals surface area contributed by atoms with E-state index in [-0.39, 0.29) is 41.4 Å². The van der Waals surface area contributed by atoms with Crippen LogP contribution in [0.2, 0.25) is 0 Å². The van der Waals surface area contributed by atoms with Crippen molar-refractivity contribution >= 4 is 23.4 Å². The molecule has 6 atom stereocenters. The predicted octanol–water partition coefficient (Wildman–Crippen LogP) is 6.77. The van der Waals surface area contributed by atoms with Crippen LogP contribution in [0.3, 0.4) is 0 Å². The van der Waals surface area contributed by atoms with E-state index < -0.39 is 0 Å². The van der Waals surface area contributed by atoms with Gasteiger partial charge in [-0.1, -0.05) is 51.3 Å². The molecule has 6 heteroatoms. The number of methoxy groups -OCH3 is 1. The Balaban J connectivity index is 1.97. The Morgan fingerprint density at radius 1 is 1.21 bits per heavy atom. The minimum atomic E-state index is -0.172. The number of rotatable bonds is 15. The van der Waals surface area contributed by atoms with E-state index >= 15 is 0 Å². The summed E-state index contributed by atoms with van der Waals surface area (Å²) in [6, 6.07) is 0. The number of ether oxygens (including phenoxy) is 3. The highest BCUT2D eigenvalue weighted by molar-refractivity contribution is 6.21. The highest BCUT2D eigenvalue weighted by atomic mass is 35.5. The minimum absolute atomic E-state index is 0.0125. The van der Waals surface area contributed by atoms with Gasteiger partial charge in [-0.3, -0.25) is 9.59 Å². The van der Waals surface area contributed by atoms with E-state index in [2.05, 4.69) is 36.8 Å². The van der Waals surface area contributed by atoms with Gasteiger partial charge in [0.05, 0.1) is 13.2 Å². The van der Waals surface area contributed by atoms with Crippen molar-refractivity contribution in [3.8, 4) is 0 Å². The zero-order valence-electron chi connectivity index (χ0n) is 21.4. The van der Waals surface area contributed by atoms with Crippen LogP contribution in [0.15, 0.2) is 24.3 Å². The number of esters is 1. The van der Waals surface area contributed by atoms with Gasteiger partial charge in [-0.25, -0.2) is 0 Å². The molecule has 1 aliphatic heterocycles. The van der Waals surface area contributed by atoms with Gasteiger partial charge in [0.25, 0.3) is 0 Å². The largest absolute Gasteiger partial charge is 0.469 e. The second kappa shape index (κ2) is 16.5. The fraction of sp³-hybridized carbons (Fsp3) is 0.786. The number of alkyl halides is 1. The first-order chi connectivity index (χ1) is 16.4. The lowest BCUT2D eigenvalue weighted by Gasteiger charge is -2.29. The van der Waals surface area contributed by atoms with E-state index in [1.54, 1.807) is 6.08 Å². The summed E-state index contributed by atoms with van der Waals surface area (Å²) >= 11 is 6.81. The van der Waals surface area contributed by atoms with Crippen molar-refractivity contribution in [1.82, 2.24) is 0 Å². The van der Waals surface area contributed by atoms with Gasteiger partial charge in [0.15, 0.2) is 12.1 Å². The van der Waals surface area contributed by atoms with Crippen LogP contribution in [-0.4, -0.2) is 43.2 Å². The number of unbranched alkanes of at least 4 members (excludes halogenated alkanes) is 2. The summed E-state index contributed by atoms with van der Waals surface area (Å²) in [4.78, 5) is 23.9. The summed E-state index contributed by atoms with van der Waals surface area (Å²) in [5.74, 6) is 0.712. The molecular weight excluding hydrogens is 452 g/mol. The van der Waals surface area contributed by atoms with Crippen molar-refractivity contribution in [3.63, 3.8) is 0 Å². The van der Waals surface area contributed by atoms with Crippen molar-refractivity contribution in [2.75, 3.05) is 13.7 Å². The lowest BCUT2D eigenvalue weighted by Crippen LogP contribution is -2.30. The molecule has 1 saturated heterocycles. The van der Waals surface area contributed by atoms with Gasteiger partial charge >= 0.3 is 5.97 Å². The maximum atomic E-state index is 12.6. The van der Waals surface area contributed by atoms with Crippen LogP contribution in [-0.2, 0) is 23.8 Å². The zero-order chi connectivity index (χ0) is 24.8. The molecule has 0 aromatic heterocycles. The molecule has 1 heterocycles. The fourth-order valence-corrected chi connectivity index (χ4v) is 5.37. The molecule has 0 N–H and O–H groups in total. The maximum Gasteiger partial charge on any atom is 0.305 e. The van der Waals surface area contributed by atoms with Gasteiger partial charge in [-0.05, 0) is 62.9 Å². The zero-order valence-corrected chi connectivity index (χ0v) is 22.1. The molecule has 0 amide bonds. The first kappa shape index (κ1) is 29.1. The molecule has 0 spiro atoms. The van der Waals surface area contributed by atoms with Crippen LogP contribution in [0.4, 0.5) is 0 Å². The van der Waals surface area contributed by atoms with Crippen molar-refractivity contribution in [2.24, 2.45) is 17.8 Å². The second-order valence-corrected chi connectivity index (χ2v) is 10.5. The standard InChI is InChI=1S/C28H45ClO5/c1-4-5-12-21(2)19-22(30)16-17-24-23(13-8-6-7-9-14-27(31)32-3)25(29)20-26(24)34-28-15-10-11-18-33-28/h6,8,16-17,21,23-26,28H,4-5,7,9-15,18-20H2,1-3H3/b8-6-,17-16+/t21-,23+,24+,25+,26+,28?/m0/s1. The van der Waals surface area contributed by atoms with Crippen molar-refractivity contribution < 1.29 is 23.8 Å². The van der Waals surface area contributed by atoms with Crippen LogP contribution in [0, 0.1) is 17.8 Å². The summed E-state index contributed by atoms with van der Waals surface area (Å²) in [5, 5.41) is -0.0125. The normalized spacial score (nSPS) is 28.5. The molecule has 1 aliphatic carbocycles. The van der Waals surface area contributed by atoms with Crippen LogP contribution >= 0.6 is 11.6 Å². The Morgan fingerprint density at radius 3 is 2.74 bits per heavy atom. The molecule has 5 nitrogen and oxygen atoms in total. The summed E-state index contributed by atoms with van der Waals surface area (Å²) in [5.41, 5.74) is 0. The summed E-state index contributed by atoms with van der Waals surface area (Å²) in [6.07, 6.45) is 18.7. The smallest absolute Gasteiger partial charge is 0.305 e. The Labute approximate surface area is 211 Å². The number of carbonyl (C=O) groups is 2. The number of halogens is 1. The van der Waals surface area contributed by atoms with Gasteiger partial charge in [0, 0.05) is 30.7 Å². The first-order valence-corrected chi connectivity index (χ1v) is 13.7. The second-order valence-electron chi connectivity index (χ2n) is 9.92. The molecule has 0 aromatic carbocycles. The first-order valence-electron chi connectivity index (χ1n) is 13.3. The molecule has 2 aliphatic rings. The van der Waals surface area contributed by atoms with E-state index in [1.165, 1.54) is 13.5 Å². The molecule has 1 saturated carbocycles. The van der Waals surface area contributed by atoms with E-state index in [0.29, 0.717) is 18.8 Å². The molecular formula is C28H45ClO5. The molecule has 194 valence electrons. The Morgan fingerprint density at radius 2 is 2.03 bits per heavy atom. The van der Waals surface area contributed by atoms with Gasteiger partial charge in [0.2, 0.25) is 0 Å². The van der Waals surface area contributed by atoms with Gasteiger partial charge < -0.3 is 14.2 Å². The van der Waals surface area contributed by atoms with E-state index in [1.807, 2.05) is 0 Å². The lowest BCUT2D eigenvalue weighted by atomic mass is 9.90. The predicted molar refractivity (Wildman–Crippen MR) is 137 cm³/mol. The monoisotopic (exact) mass is 496 g/mol. The Kier molecular flexibility index (Phi) is 14.1.